The number of rotatable bonds is 9. The molecule has 0 heterocycles. The Balaban J connectivity index is 0.00000441. The van der Waals surface area contributed by atoms with Gasteiger partial charge in [0.25, 0.3) is 0 Å². The first kappa shape index (κ1) is 21.5. The molecule has 0 fully saturated rings. The fourth-order valence-electron chi connectivity index (χ4n) is 2.14. The van der Waals surface area contributed by atoms with Gasteiger partial charge < -0.3 is 38.0 Å². The Bertz CT molecular complexity index is 424. The Hall–Kier alpha value is -0.460. The molecule has 1 atom stereocenters. The number of hydrogen-bond acceptors (Lipinski definition) is 2. The third kappa shape index (κ3) is 8.86. The molecule has 1 unspecified atom stereocenters. The van der Waals surface area contributed by atoms with Gasteiger partial charge in [-0.25, -0.2) is 0 Å². The minimum atomic E-state index is -0.162. The number of likely N-dealkylation sites (N-methyl/N-ethyl adjacent to an activating group) is 1. The minimum Gasteiger partial charge on any atom is -1.00 e. The molecule has 0 saturated carbocycles. The number of aldehydes is 1. The molecule has 0 radical (unpaired) electrons. The number of carbonyl (C=O) groups is 1. The Morgan fingerprint density at radius 2 is 1.73 bits per heavy atom. The molecule has 0 aliphatic carbocycles. The van der Waals surface area contributed by atoms with Crippen LogP contribution >= 0.6 is 0 Å². The zero-order chi connectivity index (χ0) is 15.9. The van der Waals surface area contributed by atoms with Gasteiger partial charge in [-0.15, -0.1) is 0 Å². The van der Waals surface area contributed by atoms with Crippen LogP contribution in [-0.4, -0.2) is 51.7 Å². The van der Waals surface area contributed by atoms with E-state index >= 15 is 0 Å². The van der Waals surface area contributed by atoms with Gasteiger partial charge in [-0.3, -0.25) is 0 Å². The van der Waals surface area contributed by atoms with Crippen LogP contribution in [0.2, 0.25) is 0 Å². The maximum atomic E-state index is 11.3. The largest absolute Gasteiger partial charge is 1.00 e. The Morgan fingerprint density at radius 3 is 2.18 bits per heavy atom. The van der Waals surface area contributed by atoms with Crippen molar-refractivity contribution in [2.45, 2.75) is 26.2 Å². The van der Waals surface area contributed by atoms with E-state index in [-0.39, 0.29) is 29.9 Å². The predicted octanol–water partition coefficient (Wildman–Crippen LogP) is -0.106. The molecule has 126 valence electrons. The quantitative estimate of drug-likeness (QED) is 0.242. The Labute approximate surface area is 152 Å². The SMILES string of the molecule is CC(C)Cc1ccc(C(C=O)COCC[N+](C)(C)C)cc1.[I-]. The van der Waals surface area contributed by atoms with Gasteiger partial charge in [-0.1, -0.05) is 38.1 Å². The van der Waals surface area contributed by atoms with Crippen molar-refractivity contribution in [3.63, 3.8) is 0 Å². The summed E-state index contributed by atoms with van der Waals surface area (Å²) >= 11 is 0. The summed E-state index contributed by atoms with van der Waals surface area (Å²) in [7, 11) is 6.40. The first-order valence-electron chi connectivity index (χ1n) is 7.74. The van der Waals surface area contributed by atoms with Gasteiger partial charge in [0.1, 0.15) is 12.8 Å². The van der Waals surface area contributed by atoms with Crippen molar-refractivity contribution in [2.24, 2.45) is 5.92 Å². The van der Waals surface area contributed by atoms with Crippen molar-refractivity contribution >= 4 is 6.29 Å². The van der Waals surface area contributed by atoms with Crippen LogP contribution in [0.1, 0.15) is 30.9 Å². The van der Waals surface area contributed by atoms with Crippen LogP contribution in [0.5, 0.6) is 0 Å². The van der Waals surface area contributed by atoms with E-state index in [1.54, 1.807) is 0 Å². The summed E-state index contributed by atoms with van der Waals surface area (Å²) in [5, 5.41) is 0. The fraction of sp³-hybridized carbons (Fsp3) is 0.611. The molecular weight excluding hydrogens is 389 g/mol. The van der Waals surface area contributed by atoms with Gasteiger partial charge in [-0.05, 0) is 23.5 Å². The molecule has 0 amide bonds. The number of nitrogens with zero attached hydrogens (tertiary/aromatic N) is 1. The van der Waals surface area contributed by atoms with Crippen molar-refractivity contribution in [3.05, 3.63) is 35.4 Å². The summed E-state index contributed by atoms with van der Waals surface area (Å²) in [5.41, 5.74) is 2.37. The average Bonchev–Trinajstić information content (AvgIpc) is 2.38. The molecule has 4 heteroatoms. The van der Waals surface area contributed by atoms with E-state index in [0.29, 0.717) is 19.1 Å². The zero-order valence-corrected chi connectivity index (χ0v) is 16.7. The molecule has 3 nitrogen and oxygen atoms in total. The highest BCUT2D eigenvalue weighted by Crippen LogP contribution is 2.17. The van der Waals surface area contributed by atoms with Crippen LogP contribution < -0.4 is 24.0 Å². The average molecular weight is 419 g/mol. The van der Waals surface area contributed by atoms with Crippen LogP contribution in [-0.2, 0) is 16.0 Å². The smallest absolute Gasteiger partial charge is 0.129 e. The molecule has 22 heavy (non-hydrogen) atoms. The van der Waals surface area contributed by atoms with E-state index in [1.807, 2.05) is 0 Å². The lowest BCUT2D eigenvalue weighted by Gasteiger charge is -2.23. The summed E-state index contributed by atoms with van der Waals surface area (Å²) < 4.78 is 6.54. The normalized spacial score (nSPS) is 12.8. The van der Waals surface area contributed by atoms with Crippen molar-refractivity contribution in [3.8, 4) is 0 Å². The highest BCUT2D eigenvalue weighted by atomic mass is 127. The molecular formula is C18H30INO2. The first-order valence-corrected chi connectivity index (χ1v) is 7.74. The molecule has 1 rings (SSSR count). The lowest BCUT2D eigenvalue weighted by molar-refractivity contribution is -0.870. The molecule has 0 N–H and O–H groups in total. The monoisotopic (exact) mass is 419 g/mol. The van der Waals surface area contributed by atoms with E-state index in [1.165, 1.54) is 5.56 Å². The highest BCUT2D eigenvalue weighted by Gasteiger charge is 2.12. The van der Waals surface area contributed by atoms with E-state index < -0.39 is 0 Å². The van der Waals surface area contributed by atoms with E-state index in [2.05, 4.69) is 59.3 Å². The second-order valence-electron chi connectivity index (χ2n) is 7.17. The van der Waals surface area contributed by atoms with Gasteiger partial charge in [-0.2, -0.15) is 0 Å². The van der Waals surface area contributed by atoms with Gasteiger partial charge >= 0.3 is 0 Å². The van der Waals surface area contributed by atoms with Crippen molar-refractivity contribution in [2.75, 3.05) is 40.9 Å². The van der Waals surface area contributed by atoms with Crippen LogP contribution in [0.25, 0.3) is 0 Å². The lowest BCUT2D eigenvalue weighted by Crippen LogP contribution is -3.00. The first-order chi connectivity index (χ1) is 9.81. The summed E-state index contributed by atoms with van der Waals surface area (Å²) in [4.78, 5) is 11.3. The number of halogens is 1. The maximum absolute atomic E-state index is 11.3. The van der Waals surface area contributed by atoms with E-state index in [4.69, 9.17) is 4.74 Å². The maximum Gasteiger partial charge on any atom is 0.129 e. The molecule has 0 spiro atoms. The van der Waals surface area contributed by atoms with Crippen LogP contribution in [0, 0.1) is 5.92 Å². The Morgan fingerprint density at radius 1 is 1.14 bits per heavy atom. The van der Waals surface area contributed by atoms with Crippen LogP contribution in [0.3, 0.4) is 0 Å². The summed E-state index contributed by atoms with van der Waals surface area (Å²) in [6.07, 6.45) is 2.06. The lowest BCUT2D eigenvalue weighted by atomic mass is 9.97. The standard InChI is InChI=1S/C18H30NO2.HI/c1-15(2)12-16-6-8-17(9-7-16)18(13-20)14-21-11-10-19(3,4)5;/h6-9,13,15,18H,10-12,14H2,1-5H3;1H/q+1;/p-1. The summed E-state index contributed by atoms with van der Waals surface area (Å²) in [6.45, 7) is 6.51. The predicted molar refractivity (Wildman–Crippen MR) is 87.5 cm³/mol. The van der Waals surface area contributed by atoms with Gasteiger partial charge in [0.05, 0.1) is 40.3 Å². The molecule has 0 aromatic heterocycles. The van der Waals surface area contributed by atoms with Gasteiger partial charge in [0.2, 0.25) is 0 Å². The van der Waals surface area contributed by atoms with Crippen molar-refractivity contribution in [1.29, 1.82) is 0 Å². The van der Waals surface area contributed by atoms with Gasteiger partial charge in [0.15, 0.2) is 0 Å². The number of carbonyl (C=O) groups excluding carboxylic acids is 1. The molecule has 0 aliphatic heterocycles. The third-order valence-electron chi connectivity index (χ3n) is 3.42. The number of ether oxygens (including phenoxy) is 1. The summed E-state index contributed by atoms with van der Waals surface area (Å²) in [5.74, 6) is 0.488. The molecule has 0 aliphatic rings. The van der Waals surface area contributed by atoms with Crippen molar-refractivity contribution < 1.29 is 38.0 Å². The van der Waals surface area contributed by atoms with Crippen LogP contribution in [0.15, 0.2) is 24.3 Å². The molecule has 0 bridgehead atoms. The fourth-order valence-corrected chi connectivity index (χ4v) is 2.14. The molecule has 1 aromatic rings. The third-order valence-corrected chi connectivity index (χ3v) is 3.42. The highest BCUT2D eigenvalue weighted by molar-refractivity contribution is 5.62. The molecule has 0 saturated heterocycles. The summed E-state index contributed by atoms with van der Waals surface area (Å²) in [6, 6.07) is 8.36. The number of benzene rings is 1. The Kier molecular flexibility index (Phi) is 10.1. The van der Waals surface area contributed by atoms with Crippen molar-refractivity contribution in [1.82, 2.24) is 0 Å². The van der Waals surface area contributed by atoms with Crippen LogP contribution in [0.4, 0.5) is 0 Å². The van der Waals surface area contributed by atoms with E-state index in [0.717, 1.165) is 29.3 Å². The second kappa shape index (κ2) is 10.3. The minimum absolute atomic E-state index is 0. The molecule has 1 aromatic carbocycles. The topological polar surface area (TPSA) is 26.3 Å². The number of quaternary nitrogens is 1. The van der Waals surface area contributed by atoms with E-state index in [9.17, 15) is 4.79 Å². The number of hydrogen-bond donors (Lipinski definition) is 0. The second-order valence-corrected chi connectivity index (χ2v) is 7.17. The zero-order valence-electron chi connectivity index (χ0n) is 14.5. The van der Waals surface area contributed by atoms with Gasteiger partial charge in [0, 0.05) is 0 Å².